The average molecular weight is 362 g/mol. The normalized spacial score (nSPS) is 12.1. The minimum Gasteiger partial charge on any atom is -0.256 e. The maximum absolute atomic E-state index is 4.77. The van der Waals surface area contributed by atoms with E-state index in [2.05, 4.69) is 86.4 Å². The Kier molecular flexibility index (Phi) is 3.70. The third-order valence-electron chi connectivity index (χ3n) is 5.46. The predicted octanol–water partition coefficient (Wildman–Crippen LogP) is 6.90. The Hall–Kier alpha value is -3.26. The van der Waals surface area contributed by atoms with Gasteiger partial charge in [-0.25, -0.2) is 0 Å². The Bertz CT molecular complexity index is 1340. The summed E-state index contributed by atoms with van der Waals surface area (Å²) in [6.07, 6.45) is 3.88. The highest BCUT2D eigenvalue weighted by atomic mass is 14.7. The molecule has 0 aliphatic heterocycles. The number of para-hydroxylation sites is 1. The number of nitrogens with zero attached hydrogens (tertiary/aromatic N) is 2. The van der Waals surface area contributed by atoms with Gasteiger partial charge in [-0.1, -0.05) is 63.2 Å². The molecule has 0 aliphatic carbocycles. The third-order valence-corrected chi connectivity index (χ3v) is 5.46. The van der Waals surface area contributed by atoms with E-state index in [9.17, 15) is 0 Å². The standard InChI is InChI=1S/C26H22N2/c1-26(2,3)23-15-18(14-17-8-4-5-9-19(17)23)25-22-16-28-24-11-7-6-10-21(24)20(22)12-13-27-25/h4-16H,1-3H3. The van der Waals surface area contributed by atoms with E-state index in [1.807, 2.05) is 18.5 Å². The first-order valence-electron chi connectivity index (χ1n) is 9.68. The maximum Gasteiger partial charge on any atom is 0.0796 e. The summed E-state index contributed by atoms with van der Waals surface area (Å²) in [5.74, 6) is 0. The zero-order valence-corrected chi connectivity index (χ0v) is 16.4. The van der Waals surface area contributed by atoms with Gasteiger partial charge < -0.3 is 0 Å². The van der Waals surface area contributed by atoms with Crippen molar-refractivity contribution in [3.8, 4) is 11.3 Å². The van der Waals surface area contributed by atoms with Crippen molar-refractivity contribution in [1.82, 2.24) is 9.97 Å². The van der Waals surface area contributed by atoms with Gasteiger partial charge in [-0.2, -0.15) is 0 Å². The van der Waals surface area contributed by atoms with Gasteiger partial charge in [0.05, 0.1) is 11.2 Å². The Morgan fingerprint density at radius 2 is 1.43 bits per heavy atom. The van der Waals surface area contributed by atoms with Crippen LogP contribution in [0, 0.1) is 0 Å². The van der Waals surface area contributed by atoms with Crippen molar-refractivity contribution in [3.05, 3.63) is 84.7 Å². The lowest BCUT2D eigenvalue weighted by atomic mass is 9.82. The molecule has 0 spiro atoms. The second-order valence-corrected chi connectivity index (χ2v) is 8.39. The SMILES string of the molecule is CC(C)(C)c1cc(-c2nccc3c2cnc2ccccc23)cc2ccccc12. The van der Waals surface area contributed by atoms with E-state index in [4.69, 9.17) is 4.98 Å². The van der Waals surface area contributed by atoms with Crippen LogP contribution in [0.25, 0.3) is 43.7 Å². The van der Waals surface area contributed by atoms with Gasteiger partial charge >= 0.3 is 0 Å². The first-order valence-corrected chi connectivity index (χ1v) is 9.68. The van der Waals surface area contributed by atoms with E-state index in [1.54, 1.807) is 0 Å². The number of aromatic nitrogens is 2. The summed E-state index contributed by atoms with van der Waals surface area (Å²) in [6.45, 7) is 6.80. The number of fused-ring (bicyclic) bond motifs is 4. The second kappa shape index (κ2) is 6.13. The molecule has 2 heterocycles. The van der Waals surface area contributed by atoms with Crippen LogP contribution in [-0.2, 0) is 5.41 Å². The molecule has 28 heavy (non-hydrogen) atoms. The molecular formula is C26H22N2. The van der Waals surface area contributed by atoms with Crippen LogP contribution in [0.2, 0.25) is 0 Å². The summed E-state index contributed by atoms with van der Waals surface area (Å²) in [4.78, 5) is 9.46. The number of benzene rings is 3. The van der Waals surface area contributed by atoms with Crippen LogP contribution in [0.3, 0.4) is 0 Å². The molecule has 0 amide bonds. The first kappa shape index (κ1) is 16.9. The molecule has 3 aromatic carbocycles. The molecule has 0 fully saturated rings. The Labute approximate surface area is 164 Å². The molecule has 0 bridgehead atoms. The van der Waals surface area contributed by atoms with E-state index in [1.165, 1.54) is 27.1 Å². The van der Waals surface area contributed by atoms with Gasteiger partial charge in [-0.15, -0.1) is 0 Å². The van der Waals surface area contributed by atoms with Crippen LogP contribution in [0.1, 0.15) is 26.3 Å². The third kappa shape index (κ3) is 2.65. The molecule has 0 unspecified atom stereocenters. The van der Waals surface area contributed by atoms with Crippen LogP contribution >= 0.6 is 0 Å². The zero-order valence-electron chi connectivity index (χ0n) is 16.4. The lowest BCUT2D eigenvalue weighted by molar-refractivity contribution is 0.596. The lowest BCUT2D eigenvalue weighted by Crippen LogP contribution is -2.12. The summed E-state index contributed by atoms with van der Waals surface area (Å²) in [5.41, 5.74) is 4.54. The van der Waals surface area contributed by atoms with Crippen molar-refractivity contribution in [2.75, 3.05) is 0 Å². The number of rotatable bonds is 1. The summed E-state index contributed by atoms with van der Waals surface area (Å²) < 4.78 is 0. The smallest absolute Gasteiger partial charge is 0.0796 e. The molecule has 5 aromatic rings. The van der Waals surface area contributed by atoms with Crippen molar-refractivity contribution < 1.29 is 0 Å². The monoisotopic (exact) mass is 362 g/mol. The van der Waals surface area contributed by atoms with Gasteiger partial charge in [0.15, 0.2) is 0 Å². The Morgan fingerprint density at radius 1 is 0.679 bits per heavy atom. The number of hydrogen-bond donors (Lipinski definition) is 0. The average Bonchev–Trinajstić information content (AvgIpc) is 2.71. The van der Waals surface area contributed by atoms with Gasteiger partial charge in [0.25, 0.3) is 0 Å². The van der Waals surface area contributed by atoms with E-state index >= 15 is 0 Å². The van der Waals surface area contributed by atoms with Crippen LogP contribution in [0.5, 0.6) is 0 Å². The largest absolute Gasteiger partial charge is 0.256 e. The van der Waals surface area contributed by atoms with E-state index in [-0.39, 0.29) is 5.41 Å². The molecule has 5 rings (SSSR count). The lowest BCUT2D eigenvalue weighted by Gasteiger charge is -2.23. The van der Waals surface area contributed by atoms with Crippen molar-refractivity contribution >= 4 is 32.4 Å². The molecule has 0 saturated heterocycles. The van der Waals surface area contributed by atoms with Crippen LogP contribution < -0.4 is 0 Å². The van der Waals surface area contributed by atoms with Gasteiger partial charge in [-0.3, -0.25) is 9.97 Å². The summed E-state index contributed by atoms with van der Waals surface area (Å²) >= 11 is 0. The summed E-state index contributed by atoms with van der Waals surface area (Å²) in [5, 5.41) is 6.01. The molecule has 0 aliphatic rings. The maximum atomic E-state index is 4.77. The topological polar surface area (TPSA) is 25.8 Å². The van der Waals surface area contributed by atoms with Crippen LogP contribution in [0.4, 0.5) is 0 Å². The first-order chi connectivity index (χ1) is 13.5. The highest BCUT2D eigenvalue weighted by Crippen LogP contribution is 2.37. The fourth-order valence-corrected chi connectivity index (χ4v) is 4.08. The fraction of sp³-hybridized carbons (Fsp3) is 0.154. The molecule has 0 saturated carbocycles. The van der Waals surface area contributed by atoms with Crippen LogP contribution in [-0.4, -0.2) is 9.97 Å². The quantitative estimate of drug-likeness (QED) is 0.303. The highest BCUT2D eigenvalue weighted by molar-refractivity contribution is 6.09. The van der Waals surface area contributed by atoms with Gasteiger partial charge in [0.2, 0.25) is 0 Å². The summed E-state index contributed by atoms with van der Waals surface area (Å²) in [7, 11) is 0. The van der Waals surface area contributed by atoms with E-state index < -0.39 is 0 Å². The number of pyridine rings is 2. The molecule has 2 aromatic heterocycles. The van der Waals surface area contributed by atoms with Crippen molar-refractivity contribution in [1.29, 1.82) is 0 Å². The van der Waals surface area contributed by atoms with Crippen LogP contribution in [0.15, 0.2) is 79.1 Å². The van der Waals surface area contributed by atoms with E-state index in [0.717, 1.165) is 22.2 Å². The fourth-order valence-electron chi connectivity index (χ4n) is 4.08. The molecule has 0 atom stereocenters. The van der Waals surface area contributed by atoms with Gasteiger partial charge in [-0.05, 0) is 51.4 Å². The molecule has 0 radical (unpaired) electrons. The van der Waals surface area contributed by atoms with Gasteiger partial charge in [0, 0.05) is 28.7 Å². The summed E-state index contributed by atoms with van der Waals surface area (Å²) in [6, 6.07) is 23.6. The molecule has 2 heteroatoms. The number of hydrogen-bond acceptors (Lipinski definition) is 2. The Morgan fingerprint density at radius 3 is 2.25 bits per heavy atom. The predicted molar refractivity (Wildman–Crippen MR) is 119 cm³/mol. The molecule has 136 valence electrons. The van der Waals surface area contributed by atoms with Crippen molar-refractivity contribution in [2.24, 2.45) is 0 Å². The Balaban J connectivity index is 1.86. The second-order valence-electron chi connectivity index (χ2n) is 8.39. The molecule has 2 nitrogen and oxygen atoms in total. The highest BCUT2D eigenvalue weighted by Gasteiger charge is 2.19. The van der Waals surface area contributed by atoms with Crippen molar-refractivity contribution in [3.63, 3.8) is 0 Å². The van der Waals surface area contributed by atoms with Gasteiger partial charge in [0.1, 0.15) is 0 Å². The zero-order chi connectivity index (χ0) is 19.3. The van der Waals surface area contributed by atoms with E-state index in [0.29, 0.717) is 0 Å². The van der Waals surface area contributed by atoms with Crippen molar-refractivity contribution in [2.45, 2.75) is 26.2 Å². The minimum atomic E-state index is 0.0468. The minimum absolute atomic E-state index is 0.0468. The molecular weight excluding hydrogens is 340 g/mol. The molecule has 0 N–H and O–H groups in total.